The van der Waals surface area contributed by atoms with E-state index in [2.05, 4.69) is 25.5 Å². The minimum Gasteiger partial charge on any atom is -0.469 e. The zero-order chi connectivity index (χ0) is 28.4. The molecule has 2 N–H and O–H groups in total. The van der Waals surface area contributed by atoms with Gasteiger partial charge in [0.05, 0.1) is 19.7 Å². The third-order valence-electron chi connectivity index (χ3n) is 5.81. The largest absolute Gasteiger partial charge is 0.469 e. The summed E-state index contributed by atoms with van der Waals surface area (Å²) in [5, 5.41) is 9.46. The van der Waals surface area contributed by atoms with E-state index in [0.29, 0.717) is 24.0 Å². The molecular formula is C28H31F2N5O4. The smallest absolute Gasteiger partial charge is 0.309 e. The van der Waals surface area contributed by atoms with Crippen molar-refractivity contribution in [1.29, 1.82) is 0 Å². The number of carbonyl (C=O) groups excluding carboxylic acids is 3. The number of ether oxygens (including phenoxy) is 1. The average Bonchev–Trinajstić information content (AvgIpc) is 3.31. The molecular weight excluding hydrogens is 508 g/mol. The van der Waals surface area contributed by atoms with Crippen LogP contribution in [0, 0.1) is 18.6 Å². The molecule has 9 nitrogen and oxygen atoms in total. The second kappa shape index (κ2) is 13.9. The van der Waals surface area contributed by atoms with Gasteiger partial charge in [0.15, 0.2) is 11.5 Å². The third-order valence-corrected chi connectivity index (χ3v) is 5.81. The number of methoxy groups -OCH3 is 1. The highest BCUT2D eigenvalue weighted by molar-refractivity contribution is 5.98. The summed E-state index contributed by atoms with van der Waals surface area (Å²) in [6.07, 6.45) is 10.2. The molecule has 1 atom stereocenters. The first-order valence-corrected chi connectivity index (χ1v) is 12.5. The molecule has 1 unspecified atom stereocenters. The molecule has 11 heteroatoms. The Balaban J connectivity index is 1.78. The van der Waals surface area contributed by atoms with E-state index in [-0.39, 0.29) is 47.8 Å². The Morgan fingerprint density at radius 3 is 2.62 bits per heavy atom. The fourth-order valence-corrected chi connectivity index (χ4v) is 3.72. The molecule has 0 aliphatic heterocycles. The molecule has 0 aliphatic carbocycles. The number of nitrogens with zero attached hydrogens (tertiary/aromatic N) is 3. The standard InChI is InChI=1S/C28H31F2N5O4/c1-4-5-9-20(10-7-6-8-11-25(36)39-3)33-28(38)24-15-23(34-26-22(30)17-32-35(24)26)27(37)31-16-19-12-13-21(29)18(2)14-19/h5-6,8-9,12-15,17,20H,4,7,10-11,16H2,1-3H3,(H,31,37)(H,33,38)/b8-6+,9-5+. The molecule has 0 fully saturated rings. The highest BCUT2D eigenvalue weighted by atomic mass is 19.1. The molecule has 3 rings (SSSR count). The lowest BCUT2D eigenvalue weighted by Gasteiger charge is -2.15. The number of halogens is 2. The molecule has 2 amide bonds. The Morgan fingerprint density at radius 2 is 1.90 bits per heavy atom. The van der Waals surface area contributed by atoms with Gasteiger partial charge in [-0.15, -0.1) is 0 Å². The van der Waals surface area contributed by atoms with Gasteiger partial charge in [-0.05, 0) is 43.4 Å². The summed E-state index contributed by atoms with van der Waals surface area (Å²) in [6.45, 7) is 3.66. The van der Waals surface area contributed by atoms with Crippen molar-refractivity contribution in [2.24, 2.45) is 0 Å². The van der Waals surface area contributed by atoms with Crippen molar-refractivity contribution in [3.8, 4) is 0 Å². The molecule has 0 radical (unpaired) electrons. The van der Waals surface area contributed by atoms with Crippen LogP contribution in [0.4, 0.5) is 8.78 Å². The zero-order valence-corrected chi connectivity index (χ0v) is 22.0. The maximum atomic E-state index is 14.4. The Hall–Kier alpha value is -4.41. The summed E-state index contributed by atoms with van der Waals surface area (Å²) in [7, 11) is 1.32. The Morgan fingerprint density at radius 1 is 1.10 bits per heavy atom. The SMILES string of the molecule is CC/C=C/C(CC/C=C/CC(=O)OC)NC(=O)c1cc(C(=O)NCc2ccc(F)c(C)c2)nc2c(F)cnn12. The second-order valence-corrected chi connectivity index (χ2v) is 8.77. The van der Waals surface area contributed by atoms with Crippen LogP contribution in [0.25, 0.3) is 5.65 Å². The summed E-state index contributed by atoms with van der Waals surface area (Å²) in [5.74, 6) is -2.69. The Bertz CT molecular complexity index is 1400. The predicted octanol–water partition coefficient (Wildman–Crippen LogP) is 4.21. The molecule has 1 aromatic carbocycles. The van der Waals surface area contributed by atoms with Gasteiger partial charge in [-0.25, -0.2) is 18.3 Å². The lowest BCUT2D eigenvalue weighted by atomic mass is 10.1. The Kier molecular flexibility index (Phi) is 10.4. The number of benzene rings is 1. The zero-order valence-electron chi connectivity index (χ0n) is 22.0. The highest BCUT2D eigenvalue weighted by Crippen LogP contribution is 2.14. The van der Waals surface area contributed by atoms with Crippen molar-refractivity contribution in [2.75, 3.05) is 7.11 Å². The normalized spacial score (nSPS) is 12.2. The number of allylic oxidation sites excluding steroid dienone is 2. The van der Waals surface area contributed by atoms with Crippen molar-refractivity contribution in [3.63, 3.8) is 0 Å². The summed E-state index contributed by atoms with van der Waals surface area (Å²) in [6, 6.07) is 5.34. The number of hydrogen-bond donors (Lipinski definition) is 2. The number of aryl methyl sites for hydroxylation is 1. The first-order chi connectivity index (χ1) is 18.7. The van der Waals surface area contributed by atoms with Crippen molar-refractivity contribution >= 4 is 23.4 Å². The minimum atomic E-state index is -0.786. The summed E-state index contributed by atoms with van der Waals surface area (Å²) < 4.78 is 33.6. The van der Waals surface area contributed by atoms with Crippen LogP contribution in [-0.4, -0.2) is 45.5 Å². The molecule has 39 heavy (non-hydrogen) atoms. The van der Waals surface area contributed by atoms with Crippen LogP contribution < -0.4 is 10.6 Å². The van der Waals surface area contributed by atoms with Gasteiger partial charge in [-0.1, -0.05) is 43.4 Å². The van der Waals surface area contributed by atoms with Gasteiger partial charge in [0.2, 0.25) is 0 Å². The van der Waals surface area contributed by atoms with E-state index < -0.39 is 17.6 Å². The maximum Gasteiger partial charge on any atom is 0.309 e. The molecule has 0 saturated carbocycles. The molecule has 2 heterocycles. The van der Waals surface area contributed by atoms with Crippen molar-refractivity contribution in [3.05, 3.63) is 88.9 Å². The molecule has 3 aromatic rings. The van der Waals surface area contributed by atoms with Gasteiger partial charge < -0.3 is 15.4 Å². The van der Waals surface area contributed by atoms with Crippen molar-refractivity contribution in [1.82, 2.24) is 25.2 Å². The van der Waals surface area contributed by atoms with E-state index in [1.54, 1.807) is 25.1 Å². The second-order valence-electron chi connectivity index (χ2n) is 8.77. The quantitative estimate of drug-likeness (QED) is 0.263. The summed E-state index contributed by atoms with van der Waals surface area (Å²) in [5.41, 5.74) is 0.604. The predicted molar refractivity (Wildman–Crippen MR) is 141 cm³/mol. The van der Waals surface area contributed by atoms with Crippen LogP contribution in [-0.2, 0) is 16.1 Å². The van der Waals surface area contributed by atoms with Crippen LogP contribution in [0.5, 0.6) is 0 Å². The first kappa shape index (κ1) is 29.2. The van der Waals surface area contributed by atoms with E-state index in [1.807, 2.05) is 25.2 Å². The molecule has 0 bridgehead atoms. The highest BCUT2D eigenvalue weighted by Gasteiger charge is 2.21. The molecule has 0 saturated heterocycles. The first-order valence-electron chi connectivity index (χ1n) is 12.5. The number of fused-ring (bicyclic) bond motifs is 1. The number of nitrogens with one attached hydrogen (secondary N) is 2. The fraction of sp³-hybridized carbons (Fsp3) is 0.321. The monoisotopic (exact) mass is 539 g/mol. The number of aromatic nitrogens is 3. The summed E-state index contributed by atoms with van der Waals surface area (Å²) >= 11 is 0. The number of amides is 2. The van der Waals surface area contributed by atoms with Gasteiger partial charge in [0.25, 0.3) is 11.8 Å². The number of rotatable bonds is 12. The van der Waals surface area contributed by atoms with Crippen LogP contribution in [0.3, 0.4) is 0 Å². The third kappa shape index (κ3) is 8.03. The molecule has 0 spiro atoms. The van der Waals surface area contributed by atoms with Crippen LogP contribution in [0.15, 0.2) is 54.8 Å². The molecule has 206 valence electrons. The van der Waals surface area contributed by atoms with Crippen LogP contribution in [0.2, 0.25) is 0 Å². The number of carbonyl (C=O) groups is 3. The number of esters is 1. The number of hydrogen-bond acceptors (Lipinski definition) is 6. The van der Waals surface area contributed by atoms with Gasteiger partial charge in [0.1, 0.15) is 17.2 Å². The van der Waals surface area contributed by atoms with Gasteiger partial charge >= 0.3 is 5.97 Å². The van der Waals surface area contributed by atoms with Gasteiger partial charge in [0, 0.05) is 18.7 Å². The lowest BCUT2D eigenvalue weighted by Crippen LogP contribution is -2.35. The van der Waals surface area contributed by atoms with E-state index in [0.717, 1.165) is 17.1 Å². The topological polar surface area (TPSA) is 115 Å². The van der Waals surface area contributed by atoms with E-state index in [4.69, 9.17) is 0 Å². The summed E-state index contributed by atoms with van der Waals surface area (Å²) in [4.78, 5) is 41.5. The van der Waals surface area contributed by atoms with Crippen molar-refractivity contribution in [2.45, 2.75) is 52.1 Å². The van der Waals surface area contributed by atoms with E-state index >= 15 is 0 Å². The van der Waals surface area contributed by atoms with Crippen molar-refractivity contribution < 1.29 is 27.9 Å². The van der Waals surface area contributed by atoms with Crippen LogP contribution in [0.1, 0.15) is 64.7 Å². The lowest BCUT2D eigenvalue weighted by molar-refractivity contribution is -0.139. The fourth-order valence-electron chi connectivity index (χ4n) is 3.72. The minimum absolute atomic E-state index is 0.0668. The van der Waals surface area contributed by atoms with E-state index in [9.17, 15) is 23.2 Å². The van der Waals surface area contributed by atoms with Crippen LogP contribution >= 0.6 is 0 Å². The molecule has 2 aromatic heterocycles. The average molecular weight is 540 g/mol. The Labute approximate surface area is 225 Å². The van der Waals surface area contributed by atoms with E-state index in [1.165, 1.54) is 19.2 Å². The van der Waals surface area contributed by atoms with Gasteiger partial charge in [-0.2, -0.15) is 5.10 Å². The van der Waals surface area contributed by atoms with Gasteiger partial charge in [-0.3, -0.25) is 14.4 Å². The molecule has 0 aliphatic rings. The maximum absolute atomic E-state index is 14.4.